The third kappa shape index (κ3) is 2.66. The monoisotopic (exact) mass is 283 g/mol. The molecule has 6 heteroatoms. The fraction of sp³-hybridized carbons (Fsp3) is 0.167. The van der Waals surface area contributed by atoms with Gasteiger partial charge < -0.3 is 9.64 Å². The minimum Gasteiger partial charge on any atom is -0.497 e. The van der Waals surface area contributed by atoms with Crippen LogP contribution in [0.25, 0.3) is 0 Å². The zero-order valence-electron chi connectivity index (χ0n) is 9.89. The van der Waals surface area contributed by atoms with Crippen LogP contribution in [-0.2, 0) is 0 Å². The summed E-state index contributed by atoms with van der Waals surface area (Å²) in [5, 5.41) is 8.05. The van der Waals surface area contributed by atoms with Crippen molar-refractivity contribution in [1.82, 2.24) is 10.2 Å². The van der Waals surface area contributed by atoms with Gasteiger partial charge in [-0.1, -0.05) is 29.3 Å². The molecule has 0 aliphatic rings. The summed E-state index contributed by atoms with van der Waals surface area (Å²) in [7, 11) is 3.49. The summed E-state index contributed by atoms with van der Waals surface area (Å²) in [6.45, 7) is 0. The van der Waals surface area contributed by atoms with Crippen molar-refractivity contribution >= 4 is 34.6 Å². The predicted molar refractivity (Wildman–Crippen MR) is 73.1 cm³/mol. The molecular formula is C12H11Cl2N3O. The van der Waals surface area contributed by atoms with E-state index < -0.39 is 0 Å². The number of ether oxygens (including phenoxy) is 1. The Morgan fingerprint density at radius 2 is 1.94 bits per heavy atom. The molecule has 94 valence electrons. The third-order valence-electron chi connectivity index (χ3n) is 2.50. The van der Waals surface area contributed by atoms with Crippen LogP contribution in [-0.4, -0.2) is 24.4 Å². The van der Waals surface area contributed by atoms with Gasteiger partial charge in [-0.25, -0.2) is 0 Å². The number of benzene rings is 1. The van der Waals surface area contributed by atoms with Crippen molar-refractivity contribution in [2.75, 3.05) is 19.1 Å². The Morgan fingerprint density at radius 1 is 1.17 bits per heavy atom. The first kappa shape index (κ1) is 12.9. The molecule has 0 N–H and O–H groups in total. The van der Waals surface area contributed by atoms with Crippen LogP contribution in [0.5, 0.6) is 5.75 Å². The maximum atomic E-state index is 6.01. The fourth-order valence-corrected chi connectivity index (χ4v) is 1.90. The molecule has 1 aromatic carbocycles. The fourth-order valence-electron chi connectivity index (χ4n) is 1.54. The standard InChI is InChI=1S/C12H11Cl2N3O/c1-17(8-4-3-5-9(6-8)18-2)10-7-11(13)15-16-12(10)14/h3-7H,1-2H3. The molecule has 2 aromatic rings. The zero-order chi connectivity index (χ0) is 13.1. The van der Waals surface area contributed by atoms with Crippen molar-refractivity contribution in [2.45, 2.75) is 0 Å². The molecule has 18 heavy (non-hydrogen) atoms. The minimum absolute atomic E-state index is 0.296. The number of methoxy groups -OCH3 is 1. The van der Waals surface area contributed by atoms with E-state index in [4.69, 9.17) is 27.9 Å². The smallest absolute Gasteiger partial charge is 0.175 e. The number of halogens is 2. The topological polar surface area (TPSA) is 38.2 Å². The summed E-state index contributed by atoms with van der Waals surface area (Å²) in [5.74, 6) is 0.767. The van der Waals surface area contributed by atoms with Crippen molar-refractivity contribution in [3.63, 3.8) is 0 Å². The molecule has 0 unspecified atom stereocenters. The van der Waals surface area contributed by atoms with E-state index in [1.165, 1.54) is 0 Å². The highest BCUT2D eigenvalue weighted by molar-refractivity contribution is 6.33. The summed E-state index contributed by atoms with van der Waals surface area (Å²) in [6.07, 6.45) is 0. The summed E-state index contributed by atoms with van der Waals surface area (Å²) >= 11 is 11.8. The second-order valence-corrected chi connectivity index (χ2v) is 4.35. The van der Waals surface area contributed by atoms with E-state index in [0.29, 0.717) is 16.0 Å². The van der Waals surface area contributed by atoms with Crippen LogP contribution >= 0.6 is 23.2 Å². The number of hydrogen-bond acceptors (Lipinski definition) is 4. The maximum Gasteiger partial charge on any atom is 0.175 e. The van der Waals surface area contributed by atoms with Gasteiger partial charge in [-0.2, -0.15) is 0 Å². The lowest BCUT2D eigenvalue weighted by Crippen LogP contribution is -2.11. The molecule has 0 atom stereocenters. The van der Waals surface area contributed by atoms with Crippen LogP contribution in [0.3, 0.4) is 0 Å². The van der Waals surface area contributed by atoms with Gasteiger partial charge in [0.15, 0.2) is 10.3 Å². The largest absolute Gasteiger partial charge is 0.497 e. The third-order valence-corrected chi connectivity index (χ3v) is 2.96. The summed E-state index contributed by atoms with van der Waals surface area (Å²) in [6, 6.07) is 9.26. The van der Waals surface area contributed by atoms with Crippen LogP contribution in [0.2, 0.25) is 10.3 Å². The van der Waals surface area contributed by atoms with Crippen molar-refractivity contribution in [3.05, 3.63) is 40.6 Å². The Morgan fingerprint density at radius 3 is 2.67 bits per heavy atom. The molecule has 0 saturated carbocycles. The molecule has 0 radical (unpaired) electrons. The molecule has 0 aliphatic heterocycles. The molecule has 1 aromatic heterocycles. The Bertz CT molecular complexity index is 563. The van der Waals surface area contributed by atoms with Gasteiger partial charge in [-0.15, -0.1) is 10.2 Å². The quantitative estimate of drug-likeness (QED) is 0.863. The maximum absolute atomic E-state index is 6.01. The van der Waals surface area contributed by atoms with Crippen LogP contribution in [0, 0.1) is 0 Å². The van der Waals surface area contributed by atoms with Crippen LogP contribution < -0.4 is 9.64 Å². The molecule has 0 bridgehead atoms. The van der Waals surface area contributed by atoms with E-state index in [-0.39, 0.29) is 0 Å². The predicted octanol–water partition coefficient (Wildman–Crippen LogP) is 3.56. The van der Waals surface area contributed by atoms with Crippen LogP contribution in [0.4, 0.5) is 11.4 Å². The van der Waals surface area contributed by atoms with Gasteiger partial charge in [-0.3, -0.25) is 0 Å². The van der Waals surface area contributed by atoms with E-state index in [1.54, 1.807) is 13.2 Å². The number of aromatic nitrogens is 2. The van der Waals surface area contributed by atoms with Gasteiger partial charge in [0.05, 0.1) is 12.8 Å². The summed E-state index contributed by atoms with van der Waals surface area (Å²) < 4.78 is 5.18. The Balaban J connectivity index is 2.40. The van der Waals surface area contributed by atoms with E-state index >= 15 is 0 Å². The van der Waals surface area contributed by atoms with E-state index in [1.807, 2.05) is 36.2 Å². The lowest BCUT2D eigenvalue weighted by atomic mass is 10.2. The molecule has 2 rings (SSSR count). The minimum atomic E-state index is 0.296. The van der Waals surface area contributed by atoms with E-state index in [9.17, 15) is 0 Å². The highest BCUT2D eigenvalue weighted by Crippen LogP contribution is 2.31. The van der Waals surface area contributed by atoms with Gasteiger partial charge in [0.2, 0.25) is 0 Å². The van der Waals surface area contributed by atoms with Crippen LogP contribution in [0.1, 0.15) is 0 Å². The van der Waals surface area contributed by atoms with Gasteiger partial charge in [0.25, 0.3) is 0 Å². The van der Waals surface area contributed by atoms with E-state index in [0.717, 1.165) is 11.4 Å². The highest BCUT2D eigenvalue weighted by Gasteiger charge is 2.11. The second kappa shape index (κ2) is 5.42. The van der Waals surface area contributed by atoms with Crippen molar-refractivity contribution in [2.24, 2.45) is 0 Å². The van der Waals surface area contributed by atoms with Crippen molar-refractivity contribution in [3.8, 4) is 5.75 Å². The summed E-state index contributed by atoms with van der Waals surface area (Å²) in [5.41, 5.74) is 1.60. The zero-order valence-corrected chi connectivity index (χ0v) is 11.4. The van der Waals surface area contributed by atoms with Gasteiger partial charge in [0.1, 0.15) is 5.75 Å². The second-order valence-electron chi connectivity index (χ2n) is 3.60. The first-order chi connectivity index (χ1) is 8.61. The Kier molecular flexibility index (Phi) is 3.89. The van der Waals surface area contributed by atoms with Crippen LogP contribution in [0.15, 0.2) is 30.3 Å². The SMILES string of the molecule is COc1cccc(N(C)c2cc(Cl)nnc2Cl)c1. The molecule has 0 spiro atoms. The molecular weight excluding hydrogens is 273 g/mol. The molecule has 0 fully saturated rings. The first-order valence-corrected chi connectivity index (χ1v) is 5.94. The molecule has 0 amide bonds. The van der Waals surface area contributed by atoms with Gasteiger partial charge in [0, 0.05) is 24.9 Å². The van der Waals surface area contributed by atoms with E-state index in [2.05, 4.69) is 10.2 Å². The Hall–Kier alpha value is -1.52. The molecule has 4 nitrogen and oxygen atoms in total. The number of rotatable bonds is 3. The van der Waals surface area contributed by atoms with Crippen molar-refractivity contribution < 1.29 is 4.74 Å². The molecule has 1 heterocycles. The Labute approximate surface area is 115 Å². The normalized spacial score (nSPS) is 10.2. The lowest BCUT2D eigenvalue weighted by Gasteiger charge is -2.20. The lowest BCUT2D eigenvalue weighted by molar-refractivity contribution is 0.415. The number of hydrogen-bond donors (Lipinski definition) is 0. The average Bonchev–Trinajstić information content (AvgIpc) is 2.41. The first-order valence-electron chi connectivity index (χ1n) is 5.18. The summed E-state index contributed by atoms with van der Waals surface area (Å²) in [4.78, 5) is 1.87. The average molecular weight is 284 g/mol. The van der Waals surface area contributed by atoms with Gasteiger partial charge >= 0.3 is 0 Å². The number of nitrogens with zero attached hydrogens (tertiary/aromatic N) is 3. The van der Waals surface area contributed by atoms with Crippen molar-refractivity contribution in [1.29, 1.82) is 0 Å². The van der Waals surface area contributed by atoms with Gasteiger partial charge in [-0.05, 0) is 12.1 Å². The highest BCUT2D eigenvalue weighted by atomic mass is 35.5. The molecule has 0 saturated heterocycles. The molecule has 0 aliphatic carbocycles. The number of anilines is 2.